The molecule has 0 atom stereocenters. The average Bonchev–Trinajstić information content (AvgIpc) is 3.17. The Labute approximate surface area is 154 Å². The molecule has 142 valence electrons. The molecule has 0 bridgehead atoms. The number of carbonyl (C=O) groups excluding carboxylic acids is 1. The first-order valence-corrected chi connectivity index (χ1v) is 9.25. The molecule has 0 spiro atoms. The molecule has 1 saturated heterocycles. The van der Waals surface area contributed by atoms with E-state index in [0.717, 1.165) is 62.9 Å². The van der Waals surface area contributed by atoms with E-state index in [1.165, 1.54) is 0 Å². The average molecular weight is 359 g/mol. The van der Waals surface area contributed by atoms with E-state index < -0.39 is 0 Å². The quantitative estimate of drug-likeness (QED) is 0.786. The number of rotatable bonds is 6. The second-order valence-electron chi connectivity index (χ2n) is 6.95. The van der Waals surface area contributed by atoms with Gasteiger partial charge in [0.25, 0.3) is 0 Å². The third kappa shape index (κ3) is 4.63. The molecule has 3 rings (SSSR count). The Hall–Kier alpha value is -2.35. The number of piperazine rings is 1. The summed E-state index contributed by atoms with van der Waals surface area (Å²) in [7, 11) is 2.01. The van der Waals surface area contributed by atoms with Crippen molar-refractivity contribution in [1.82, 2.24) is 34.4 Å². The van der Waals surface area contributed by atoms with Crippen LogP contribution in [-0.4, -0.2) is 67.9 Å². The maximum Gasteiger partial charge on any atom is 0.317 e. The van der Waals surface area contributed by atoms with E-state index in [2.05, 4.69) is 33.3 Å². The lowest BCUT2D eigenvalue weighted by Crippen LogP contribution is -2.51. The van der Waals surface area contributed by atoms with Gasteiger partial charge in [-0.3, -0.25) is 9.58 Å². The van der Waals surface area contributed by atoms with Gasteiger partial charge in [-0.25, -0.2) is 9.78 Å². The van der Waals surface area contributed by atoms with Gasteiger partial charge < -0.3 is 14.8 Å². The molecule has 0 aliphatic carbocycles. The second kappa shape index (κ2) is 8.35. The molecule has 0 radical (unpaired) electrons. The van der Waals surface area contributed by atoms with E-state index in [1.807, 2.05) is 40.5 Å². The molecule has 2 aromatic rings. The molecule has 8 heteroatoms. The predicted octanol–water partition coefficient (Wildman–Crippen LogP) is 1.15. The Morgan fingerprint density at radius 2 is 2.00 bits per heavy atom. The molecule has 1 fully saturated rings. The lowest BCUT2D eigenvalue weighted by Gasteiger charge is -2.34. The SMILES string of the molecule is Cc1cc(C)n(CCCNC(=O)N2CCN(Cc3nccn3C)CC2)n1. The number of aromatic nitrogens is 4. The molecule has 1 N–H and O–H groups in total. The normalized spacial score (nSPS) is 15.4. The molecule has 2 amide bonds. The molecule has 8 nitrogen and oxygen atoms in total. The van der Waals surface area contributed by atoms with Crippen molar-refractivity contribution in [3.8, 4) is 0 Å². The first kappa shape index (κ1) is 18.4. The van der Waals surface area contributed by atoms with Crippen molar-refractivity contribution in [2.45, 2.75) is 33.4 Å². The van der Waals surface area contributed by atoms with Gasteiger partial charge >= 0.3 is 6.03 Å². The lowest BCUT2D eigenvalue weighted by atomic mass is 10.3. The Balaban J connectivity index is 1.34. The molecule has 1 aliphatic rings. The molecular formula is C18H29N7O. The lowest BCUT2D eigenvalue weighted by molar-refractivity contribution is 0.133. The second-order valence-corrected chi connectivity index (χ2v) is 6.95. The number of imidazole rings is 1. The fourth-order valence-electron chi connectivity index (χ4n) is 3.30. The first-order chi connectivity index (χ1) is 12.5. The minimum Gasteiger partial charge on any atom is -0.338 e. The molecule has 0 saturated carbocycles. The van der Waals surface area contributed by atoms with Crippen LogP contribution < -0.4 is 5.32 Å². The zero-order valence-corrected chi connectivity index (χ0v) is 16.0. The van der Waals surface area contributed by atoms with Gasteiger partial charge in [-0.05, 0) is 26.3 Å². The summed E-state index contributed by atoms with van der Waals surface area (Å²) in [6.07, 6.45) is 4.67. The first-order valence-electron chi connectivity index (χ1n) is 9.25. The molecule has 1 aliphatic heterocycles. The zero-order valence-electron chi connectivity index (χ0n) is 16.0. The van der Waals surface area contributed by atoms with Crippen LogP contribution in [0.15, 0.2) is 18.5 Å². The molecule has 0 unspecified atom stereocenters. The predicted molar refractivity (Wildman–Crippen MR) is 99.8 cm³/mol. The van der Waals surface area contributed by atoms with Crippen molar-refractivity contribution in [3.05, 3.63) is 35.7 Å². The summed E-state index contributed by atoms with van der Waals surface area (Å²) < 4.78 is 4.04. The van der Waals surface area contributed by atoms with E-state index in [9.17, 15) is 4.79 Å². The van der Waals surface area contributed by atoms with E-state index in [0.29, 0.717) is 6.54 Å². The van der Waals surface area contributed by atoms with Crippen LogP contribution in [0.5, 0.6) is 0 Å². The highest BCUT2D eigenvalue weighted by atomic mass is 16.2. The van der Waals surface area contributed by atoms with Crippen LogP contribution in [0.3, 0.4) is 0 Å². The summed E-state index contributed by atoms with van der Waals surface area (Å²) in [6.45, 7) is 9.67. The van der Waals surface area contributed by atoms with E-state index in [4.69, 9.17) is 0 Å². The van der Waals surface area contributed by atoms with Crippen molar-refractivity contribution < 1.29 is 4.79 Å². The summed E-state index contributed by atoms with van der Waals surface area (Å²) in [5.74, 6) is 1.06. The van der Waals surface area contributed by atoms with Crippen LogP contribution in [0.1, 0.15) is 23.6 Å². The summed E-state index contributed by atoms with van der Waals surface area (Å²) in [4.78, 5) is 20.9. The number of amides is 2. The highest BCUT2D eigenvalue weighted by Gasteiger charge is 2.21. The smallest absolute Gasteiger partial charge is 0.317 e. The Morgan fingerprint density at radius 1 is 1.23 bits per heavy atom. The minimum atomic E-state index is 0.0370. The van der Waals surface area contributed by atoms with Crippen molar-refractivity contribution in [3.63, 3.8) is 0 Å². The van der Waals surface area contributed by atoms with Gasteiger partial charge in [-0.1, -0.05) is 0 Å². The fraction of sp³-hybridized carbons (Fsp3) is 0.611. The minimum absolute atomic E-state index is 0.0370. The van der Waals surface area contributed by atoms with Gasteiger partial charge in [0.1, 0.15) is 5.82 Å². The van der Waals surface area contributed by atoms with Gasteiger partial charge in [-0.2, -0.15) is 5.10 Å². The number of hydrogen-bond acceptors (Lipinski definition) is 4. The van der Waals surface area contributed by atoms with Crippen LogP contribution >= 0.6 is 0 Å². The summed E-state index contributed by atoms with van der Waals surface area (Å²) in [5.41, 5.74) is 2.20. The van der Waals surface area contributed by atoms with Gasteiger partial charge in [0.15, 0.2) is 0 Å². The third-order valence-electron chi connectivity index (χ3n) is 4.87. The van der Waals surface area contributed by atoms with Gasteiger partial charge in [0.2, 0.25) is 0 Å². The number of aryl methyl sites for hydroxylation is 4. The van der Waals surface area contributed by atoms with Crippen molar-refractivity contribution in [1.29, 1.82) is 0 Å². The fourth-order valence-corrected chi connectivity index (χ4v) is 3.30. The molecule has 0 aromatic carbocycles. The molecule has 3 heterocycles. The van der Waals surface area contributed by atoms with Gasteiger partial charge in [-0.15, -0.1) is 0 Å². The van der Waals surface area contributed by atoms with E-state index in [1.54, 1.807) is 0 Å². The van der Waals surface area contributed by atoms with Crippen LogP contribution in [-0.2, 0) is 20.1 Å². The summed E-state index contributed by atoms with van der Waals surface area (Å²) in [6, 6.07) is 2.11. The van der Waals surface area contributed by atoms with E-state index >= 15 is 0 Å². The van der Waals surface area contributed by atoms with Gasteiger partial charge in [0, 0.05) is 64.4 Å². The summed E-state index contributed by atoms with van der Waals surface area (Å²) in [5, 5.41) is 7.47. The maximum absolute atomic E-state index is 12.3. The standard InChI is InChI=1S/C18H29N7O/c1-15-13-16(2)25(21-15)7-4-5-20-18(26)24-11-9-23(10-12-24)14-17-19-6-8-22(17)3/h6,8,13H,4-5,7,9-12,14H2,1-3H3,(H,20,26). The molecule has 26 heavy (non-hydrogen) atoms. The van der Waals surface area contributed by atoms with Crippen LogP contribution in [0.25, 0.3) is 0 Å². The number of hydrogen-bond donors (Lipinski definition) is 1. The van der Waals surface area contributed by atoms with Crippen LogP contribution in [0, 0.1) is 13.8 Å². The highest BCUT2D eigenvalue weighted by Crippen LogP contribution is 2.07. The monoisotopic (exact) mass is 359 g/mol. The number of nitrogens with zero attached hydrogens (tertiary/aromatic N) is 6. The number of carbonyl (C=O) groups is 1. The van der Waals surface area contributed by atoms with Crippen molar-refractivity contribution >= 4 is 6.03 Å². The number of nitrogens with one attached hydrogen (secondary N) is 1. The largest absolute Gasteiger partial charge is 0.338 e. The highest BCUT2D eigenvalue weighted by molar-refractivity contribution is 5.74. The Morgan fingerprint density at radius 3 is 2.62 bits per heavy atom. The van der Waals surface area contributed by atoms with E-state index in [-0.39, 0.29) is 6.03 Å². The maximum atomic E-state index is 12.3. The molecular weight excluding hydrogens is 330 g/mol. The Kier molecular flexibility index (Phi) is 5.92. The van der Waals surface area contributed by atoms with Gasteiger partial charge in [0.05, 0.1) is 12.2 Å². The van der Waals surface area contributed by atoms with Crippen molar-refractivity contribution in [2.24, 2.45) is 7.05 Å². The third-order valence-corrected chi connectivity index (χ3v) is 4.87. The topological polar surface area (TPSA) is 71.2 Å². The van der Waals surface area contributed by atoms with Crippen LogP contribution in [0.2, 0.25) is 0 Å². The van der Waals surface area contributed by atoms with Crippen molar-refractivity contribution in [2.75, 3.05) is 32.7 Å². The Bertz CT molecular complexity index is 728. The van der Waals surface area contributed by atoms with Crippen LogP contribution in [0.4, 0.5) is 4.79 Å². The zero-order chi connectivity index (χ0) is 18.5. The summed E-state index contributed by atoms with van der Waals surface area (Å²) >= 11 is 0. The number of urea groups is 1. The molecule has 2 aromatic heterocycles.